The van der Waals surface area contributed by atoms with E-state index in [1.807, 2.05) is 20.8 Å². The van der Waals surface area contributed by atoms with Crippen LogP contribution in [0, 0.1) is 0 Å². The van der Waals surface area contributed by atoms with Crippen LogP contribution in [0.25, 0.3) is 0 Å². The summed E-state index contributed by atoms with van der Waals surface area (Å²) in [7, 11) is 1.61. The Kier molecular flexibility index (Phi) is 4.95. The lowest BCUT2D eigenvalue weighted by Gasteiger charge is -2.19. The van der Waals surface area contributed by atoms with Gasteiger partial charge in [0.2, 0.25) is 5.91 Å². The minimum atomic E-state index is -0.448. The normalized spacial score (nSPS) is 13.9. The van der Waals surface area contributed by atoms with Crippen LogP contribution in [0.1, 0.15) is 27.2 Å². The van der Waals surface area contributed by atoms with Crippen molar-refractivity contribution in [3.05, 3.63) is 0 Å². The molecule has 0 saturated heterocycles. The summed E-state index contributed by atoms with van der Waals surface area (Å²) in [6.45, 7) is 6.07. The van der Waals surface area contributed by atoms with E-state index < -0.39 is 5.54 Å². The Labute approximate surface area is 79.8 Å². The molecule has 4 heteroatoms. The minimum Gasteiger partial charge on any atom is -0.383 e. The van der Waals surface area contributed by atoms with Gasteiger partial charge in [-0.05, 0) is 20.8 Å². The first-order chi connectivity index (χ1) is 5.85. The van der Waals surface area contributed by atoms with Gasteiger partial charge in [-0.1, -0.05) is 0 Å². The molecule has 0 radical (unpaired) electrons. The molecule has 78 valence electrons. The van der Waals surface area contributed by atoms with Crippen LogP contribution >= 0.6 is 0 Å². The molecule has 0 aromatic rings. The molecule has 0 heterocycles. The van der Waals surface area contributed by atoms with Crippen LogP contribution in [-0.4, -0.2) is 31.2 Å². The van der Waals surface area contributed by atoms with Crippen molar-refractivity contribution < 1.29 is 9.53 Å². The number of carbonyl (C=O) groups excluding carboxylic acids is 1. The third-order valence-corrected chi connectivity index (χ3v) is 1.44. The Morgan fingerprint density at radius 1 is 1.62 bits per heavy atom. The number of hydrogen-bond donors (Lipinski definition) is 2. The number of nitrogens with two attached hydrogens (primary N) is 1. The van der Waals surface area contributed by atoms with Crippen molar-refractivity contribution in [2.45, 2.75) is 38.8 Å². The average Bonchev–Trinajstić information content (AvgIpc) is 1.81. The molecule has 0 saturated carbocycles. The van der Waals surface area contributed by atoms with Crippen LogP contribution in [0.2, 0.25) is 0 Å². The highest BCUT2D eigenvalue weighted by Gasteiger charge is 2.17. The van der Waals surface area contributed by atoms with E-state index in [0.29, 0.717) is 13.0 Å². The van der Waals surface area contributed by atoms with Crippen LogP contribution in [-0.2, 0) is 9.53 Å². The molecule has 4 nitrogen and oxygen atoms in total. The molecule has 0 fully saturated rings. The maximum atomic E-state index is 11.3. The lowest BCUT2D eigenvalue weighted by atomic mass is 10.0. The Morgan fingerprint density at radius 2 is 2.15 bits per heavy atom. The van der Waals surface area contributed by atoms with Crippen LogP contribution in [0.4, 0.5) is 0 Å². The molecular weight excluding hydrogens is 168 g/mol. The Bertz CT molecular complexity index is 163. The summed E-state index contributed by atoms with van der Waals surface area (Å²) in [6, 6.07) is 0.0415. The standard InChI is InChI=1S/C9H20N2O2/c1-7(6-13-4)11-8(12)5-9(2,3)10/h7H,5-6,10H2,1-4H3,(H,11,12). The van der Waals surface area contributed by atoms with Crippen molar-refractivity contribution in [3.63, 3.8) is 0 Å². The Balaban J connectivity index is 3.74. The first-order valence-corrected chi connectivity index (χ1v) is 4.42. The minimum absolute atomic E-state index is 0.0305. The van der Waals surface area contributed by atoms with E-state index in [1.165, 1.54) is 0 Å². The second kappa shape index (κ2) is 5.19. The summed E-state index contributed by atoms with van der Waals surface area (Å²) in [5, 5.41) is 2.79. The van der Waals surface area contributed by atoms with Gasteiger partial charge < -0.3 is 15.8 Å². The van der Waals surface area contributed by atoms with Crippen molar-refractivity contribution in [2.75, 3.05) is 13.7 Å². The molecule has 0 aromatic heterocycles. The summed E-state index contributed by atoms with van der Waals surface area (Å²) < 4.78 is 4.89. The maximum Gasteiger partial charge on any atom is 0.222 e. The predicted octanol–water partition coefficient (Wildman–Crippen LogP) is 0.265. The number of hydrogen-bond acceptors (Lipinski definition) is 3. The molecule has 1 atom stereocenters. The molecule has 13 heavy (non-hydrogen) atoms. The summed E-state index contributed by atoms with van der Waals surface area (Å²) in [6.07, 6.45) is 0.334. The van der Waals surface area contributed by atoms with Crippen molar-refractivity contribution in [1.29, 1.82) is 0 Å². The predicted molar refractivity (Wildman–Crippen MR) is 52.4 cm³/mol. The Hall–Kier alpha value is -0.610. The van der Waals surface area contributed by atoms with Gasteiger partial charge in [0, 0.05) is 25.1 Å². The van der Waals surface area contributed by atoms with Gasteiger partial charge in [-0.2, -0.15) is 0 Å². The SMILES string of the molecule is COCC(C)NC(=O)CC(C)(C)N. The van der Waals surface area contributed by atoms with Crippen molar-refractivity contribution in [3.8, 4) is 0 Å². The lowest BCUT2D eigenvalue weighted by Crippen LogP contribution is -2.42. The van der Waals surface area contributed by atoms with Crippen molar-refractivity contribution in [2.24, 2.45) is 5.73 Å². The number of carbonyl (C=O) groups is 1. The molecule has 0 rings (SSSR count). The van der Waals surface area contributed by atoms with Crippen molar-refractivity contribution in [1.82, 2.24) is 5.32 Å². The van der Waals surface area contributed by atoms with Gasteiger partial charge >= 0.3 is 0 Å². The van der Waals surface area contributed by atoms with E-state index in [2.05, 4.69) is 5.32 Å². The molecule has 0 aliphatic carbocycles. The molecule has 0 aliphatic rings. The number of methoxy groups -OCH3 is 1. The fourth-order valence-electron chi connectivity index (χ4n) is 1.03. The molecule has 0 spiro atoms. The van der Waals surface area contributed by atoms with Crippen LogP contribution in [0.15, 0.2) is 0 Å². The summed E-state index contributed by atoms with van der Waals surface area (Å²) in [4.78, 5) is 11.3. The molecule has 3 N–H and O–H groups in total. The third kappa shape index (κ3) is 7.74. The third-order valence-electron chi connectivity index (χ3n) is 1.44. The Morgan fingerprint density at radius 3 is 2.54 bits per heavy atom. The van der Waals surface area contributed by atoms with Crippen LogP contribution < -0.4 is 11.1 Å². The summed E-state index contributed by atoms with van der Waals surface area (Å²) in [5.41, 5.74) is 5.25. The van der Waals surface area contributed by atoms with E-state index >= 15 is 0 Å². The molecule has 0 aromatic carbocycles. The van der Waals surface area contributed by atoms with Gasteiger partial charge in [0.1, 0.15) is 0 Å². The van der Waals surface area contributed by atoms with Crippen LogP contribution in [0.5, 0.6) is 0 Å². The summed E-state index contributed by atoms with van der Waals surface area (Å²) in [5.74, 6) is -0.0305. The smallest absolute Gasteiger partial charge is 0.222 e. The molecule has 1 amide bonds. The number of nitrogens with one attached hydrogen (secondary N) is 1. The molecular formula is C9H20N2O2. The first kappa shape index (κ1) is 12.4. The zero-order valence-electron chi connectivity index (χ0n) is 8.89. The number of amides is 1. The average molecular weight is 188 g/mol. The van der Waals surface area contributed by atoms with E-state index in [9.17, 15) is 4.79 Å². The zero-order valence-corrected chi connectivity index (χ0v) is 8.89. The highest BCUT2D eigenvalue weighted by Crippen LogP contribution is 2.02. The van der Waals surface area contributed by atoms with Gasteiger partial charge in [0.15, 0.2) is 0 Å². The van der Waals surface area contributed by atoms with Gasteiger partial charge in [0.05, 0.1) is 6.61 Å². The number of rotatable bonds is 5. The van der Waals surface area contributed by atoms with Gasteiger partial charge in [-0.25, -0.2) is 0 Å². The molecule has 0 bridgehead atoms. The van der Waals surface area contributed by atoms with E-state index in [4.69, 9.17) is 10.5 Å². The highest BCUT2D eigenvalue weighted by atomic mass is 16.5. The molecule has 0 aliphatic heterocycles. The fraction of sp³-hybridized carbons (Fsp3) is 0.889. The summed E-state index contributed by atoms with van der Waals surface area (Å²) >= 11 is 0. The van der Waals surface area contributed by atoms with Gasteiger partial charge in [-0.3, -0.25) is 4.79 Å². The highest BCUT2D eigenvalue weighted by molar-refractivity contribution is 5.77. The second-order valence-corrected chi connectivity index (χ2v) is 4.09. The monoisotopic (exact) mass is 188 g/mol. The van der Waals surface area contributed by atoms with E-state index in [0.717, 1.165) is 0 Å². The van der Waals surface area contributed by atoms with Gasteiger partial charge in [0.25, 0.3) is 0 Å². The fourth-order valence-corrected chi connectivity index (χ4v) is 1.03. The number of ether oxygens (including phenoxy) is 1. The topological polar surface area (TPSA) is 64.3 Å². The second-order valence-electron chi connectivity index (χ2n) is 4.09. The van der Waals surface area contributed by atoms with Gasteiger partial charge in [-0.15, -0.1) is 0 Å². The van der Waals surface area contributed by atoms with Crippen LogP contribution in [0.3, 0.4) is 0 Å². The molecule has 1 unspecified atom stereocenters. The van der Waals surface area contributed by atoms with E-state index in [1.54, 1.807) is 7.11 Å². The quantitative estimate of drug-likeness (QED) is 0.650. The zero-order chi connectivity index (χ0) is 10.5. The largest absolute Gasteiger partial charge is 0.383 e. The van der Waals surface area contributed by atoms with Crippen molar-refractivity contribution >= 4 is 5.91 Å². The van der Waals surface area contributed by atoms with E-state index in [-0.39, 0.29) is 11.9 Å². The maximum absolute atomic E-state index is 11.3. The first-order valence-electron chi connectivity index (χ1n) is 4.42. The lowest BCUT2D eigenvalue weighted by molar-refractivity contribution is -0.122.